The van der Waals surface area contributed by atoms with Gasteiger partial charge in [0.1, 0.15) is 17.8 Å². The van der Waals surface area contributed by atoms with Gasteiger partial charge < -0.3 is 5.32 Å². The van der Waals surface area contributed by atoms with Gasteiger partial charge in [0.15, 0.2) is 0 Å². The summed E-state index contributed by atoms with van der Waals surface area (Å²) in [4.78, 5) is 20.6. The van der Waals surface area contributed by atoms with Gasteiger partial charge in [0.05, 0.1) is 0 Å². The number of hydrogen-bond donors (Lipinski definition) is 1. The van der Waals surface area contributed by atoms with Crippen LogP contribution in [0.1, 0.15) is 29.8 Å². The Bertz CT molecular complexity index is 618. The summed E-state index contributed by atoms with van der Waals surface area (Å²) < 4.78 is 1.79. The van der Waals surface area contributed by atoms with E-state index in [2.05, 4.69) is 15.3 Å². The molecule has 0 aromatic carbocycles. The van der Waals surface area contributed by atoms with Gasteiger partial charge >= 0.3 is 0 Å². The number of amides is 1. The molecule has 5 nitrogen and oxygen atoms in total. The molecular weight excluding hydrogens is 240 g/mol. The molecule has 1 amide bonds. The first-order valence-corrected chi connectivity index (χ1v) is 6.52. The molecule has 2 aromatic rings. The highest BCUT2D eigenvalue weighted by Crippen LogP contribution is 2.56. The summed E-state index contributed by atoms with van der Waals surface area (Å²) in [6.45, 7) is 0. The molecule has 0 saturated heterocycles. The Balaban J connectivity index is 1.57. The molecule has 5 rings (SSSR count). The first-order valence-electron chi connectivity index (χ1n) is 6.52. The van der Waals surface area contributed by atoms with Crippen molar-refractivity contribution in [2.45, 2.75) is 24.8 Å². The van der Waals surface area contributed by atoms with Gasteiger partial charge in [0.25, 0.3) is 5.91 Å². The molecule has 3 fully saturated rings. The van der Waals surface area contributed by atoms with E-state index < -0.39 is 0 Å². The van der Waals surface area contributed by atoms with Gasteiger partial charge in [-0.05, 0) is 37.3 Å². The second-order valence-electron chi connectivity index (χ2n) is 5.56. The number of nitrogens with zero attached hydrogens (tertiary/aromatic N) is 3. The third kappa shape index (κ3) is 1.65. The fraction of sp³-hybridized carbons (Fsp3) is 0.357. The molecule has 2 aromatic heterocycles. The predicted octanol–water partition coefficient (Wildman–Crippen LogP) is 1.55. The van der Waals surface area contributed by atoms with Crippen LogP contribution in [0.2, 0.25) is 0 Å². The Labute approximate surface area is 110 Å². The van der Waals surface area contributed by atoms with Crippen LogP contribution in [0.15, 0.2) is 36.9 Å². The maximum atomic E-state index is 12.2. The molecule has 5 heteroatoms. The summed E-state index contributed by atoms with van der Waals surface area (Å²) in [5, 5.41) is 3.12. The molecule has 0 unspecified atom stereocenters. The lowest BCUT2D eigenvalue weighted by Crippen LogP contribution is -2.68. The zero-order chi connectivity index (χ0) is 12.9. The summed E-state index contributed by atoms with van der Waals surface area (Å²) in [5.74, 6) is 1.49. The summed E-state index contributed by atoms with van der Waals surface area (Å²) in [7, 11) is 0. The van der Waals surface area contributed by atoms with E-state index >= 15 is 0 Å². The van der Waals surface area contributed by atoms with E-state index in [4.69, 9.17) is 0 Å². The minimum absolute atomic E-state index is 0.0693. The zero-order valence-corrected chi connectivity index (χ0v) is 10.4. The Morgan fingerprint density at radius 1 is 1.37 bits per heavy atom. The molecule has 1 N–H and O–H groups in total. The zero-order valence-electron chi connectivity index (χ0n) is 10.4. The first kappa shape index (κ1) is 10.7. The lowest BCUT2D eigenvalue weighted by Gasteiger charge is -2.61. The van der Waals surface area contributed by atoms with Crippen molar-refractivity contribution < 1.29 is 4.79 Å². The van der Waals surface area contributed by atoms with Crippen LogP contribution in [-0.2, 0) is 0 Å². The van der Waals surface area contributed by atoms with Crippen molar-refractivity contribution in [2.75, 3.05) is 0 Å². The number of rotatable bonds is 3. The van der Waals surface area contributed by atoms with Crippen molar-refractivity contribution in [1.29, 1.82) is 0 Å². The molecule has 3 aliphatic rings. The standard InChI is InChI=1S/C14H14N4O/c19-13(17-14-6-10(7-14)8-14)11-2-1-3-12(16-11)18-5-4-15-9-18/h1-5,9-10H,6-8H2,(H,17,19). The van der Waals surface area contributed by atoms with E-state index in [9.17, 15) is 4.79 Å². The average Bonchev–Trinajstić information content (AvgIpc) is 2.86. The van der Waals surface area contributed by atoms with E-state index in [1.165, 1.54) is 0 Å². The van der Waals surface area contributed by atoms with Crippen LogP contribution in [0.3, 0.4) is 0 Å². The molecule has 0 spiro atoms. The smallest absolute Gasteiger partial charge is 0.270 e. The van der Waals surface area contributed by atoms with Crippen LogP contribution >= 0.6 is 0 Å². The summed E-state index contributed by atoms with van der Waals surface area (Å²) >= 11 is 0. The molecule has 96 valence electrons. The van der Waals surface area contributed by atoms with Gasteiger partial charge in [-0.2, -0.15) is 0 Å². The number of nitrogens with one attached hydrogen (secondary N) is 1. The molecule has 19 heavy (non-hydrogen) atoms. The highest BCUT2D eigenvalue weighted by atomic mass is 16.2. The quantitative estimate of drug-likeness (QED) is 0.904. The van der Waals surface area contributed by atoms with Crippen molar-refractivity contribution in [3.8, 4) is 5.82 Å². The number of imidazole rings is 1. The fourth-order valence-electron chi connectivity index (χ4n) is 3.02. The van der Waals surface area contributed by atoms with Crippen molar-refractivity contribution >= 4 is 5.91 Å². The summed E-state index contributed by atoms with van der Waals surface area (Å²) in [5.41, 5.74) is 0.560. The molecule has 3 saturated carbocycles. The van der Waals surface area contributed by atoms with Gasteiger partial charge in [0, 0.05) is 17.9 Å². The van der Waals surface area contributed by atoms with E-state index in [0.717, 1.165) is 25.2 Å². The maximum Gasteiger partial charge on any atom is 0.270 e. The van der Waals surface area contributed by atoms with Crippen molar-refractivity contribution in [3.63, 3.8) is 0 Å². The third-order valence-electron chi connectivity index (χ3n) is 4.15. The van der Waals surface area contributed by atoms with E-state index in [0.29, 0.717) is 11.5 Å². The topological polar surface area (TPSA) is 59.8 Å². The molecule has 2 bridgehead atoms. The molecule has 0 atom stereocenters. The number of carbonyl (C=O) groups excluding carboxylic acids is 1. The van der Waals surface area contributed by atoms with Gasteiger partial charge in [-0.3, -0.25) is 9.36 Å². The van der Waals surface area contributed by atoms with Crippen molar-refractivity contribution in [2.24, 2.45) is 5.92 Å². The van der Waals surface area contributed by atoms with Crippen LogP contribution in [0, 0.1) is 5.92 Å². The number of pyridine rings is 1. The monoisotopic (exact) mass is 254 g/mol. The highest BCUT2D eigenvalue weighted by Gasteiger charge is 2.57. The molecule has 3 aliphatic carbocycles. The van der Waals surface area contributed by atoms with Gasteiger partial charge in [-0.1, -0.05) is 6.07 Å². The third-order valence-corrected chi connectivity index (χ3v) is 4.15. The van der Waals surface area contributed by atoms with E-state index in [1.54, 1.807) is 23.2 Å². The average molecular weight is 254 g/mol. The van der Waals surface area contributed by atoms with E-state index in [-0.39, 0.29) is 11.4 Å². The number of aromatic nitrogens is 3. The van der Waals surface area contributed by atoms with Crippen LogP contribution in [0.5, 0.6) is 0 Å². The van der Waals surface area contributed by atoms with Crippen LogP contribution in [-0.4, -0.2) is 26.0 Å². The summed E-state index contributed by atoms with van der Waals surface area (Å²) in [6, 6.07) is 5.46. The Morgan fingerprint density at radius 3 is 2.84 bits per heavy atom. The van der Waals surface area contributed by atoms with Gasteiger partial charge in [-0.15, -0.1) is 0 Å². The Morgan fingerprint density at radius 2 is 2.21 bits per heavy atom. The molecule has 2 heterocycles. The van der Waals surface area contributed by atoms with Crippen molar-refractivity contribution in [1.82, 2.24) is 19.9 Å². The highest BCUT2D eigenvalue weighted by molar-refractivity contribution is 5.93. The second-order valence-corrected chi connectivity index (χ2v) is 5.56. The van der Waals surface area contributed by atoms with E-state index in [1.807, 2.05) is 18.3 Å². The normalized spacial score (nSPS) is 27.3. The molecule has 0 radical (unpaired) electrons. The molecule has 0 aliphatic heterocycles. The van der Waals surface area contributed by atoms with Crippen molar-refractivity contribution in [3.05, 3.63) is 42.6 Å². The molecular formula is C14H14N4O. The first-order chi connectivity index (χ1) is 9.24. The van der Waals surface area contributed by atoms with Gasteiger partial charge in [-0.25, -0.2) is 9.97 Å². The minimum atomic E-state index is -0.0693. The van der Waals surface area contributed by atoms with Crippen LogP contribution in [0.25, 0.3) is 5.82 Å². The van der Waals surface area contributed by atoms with Crippen LogP contribution in [0.4, 0.5) is 0 Å². The second kappa shape index (κ2) is 3.66. The van der Waals surface area contributed by atoms with Crippen LogP contribution < -0.4 is 5.32 Å². The number of hydrogen-bond acceptors (Lipinski definition) is 3. The SMILES string of the molecule is O=C(NC12CC(C1)C2)c1cccc(-n2ccnc2)n1. The lowest BCUT2D eigenvalue weighted by atomic mass is 9.50. The fourth-order valence-corrected chi connectivity index (χ4v) is 3.02. The largest absolute Gasteiger partial charge is 0.345 e. The van der Waals surface area contributed by atoms with Gasteiger partial charge in [0.2, 0.25) is 0 Å². The Hall–Kier alpha value is -2.17. The number of carbonyl (C=O) groups is 1. The lowest BCUT2D eigenvalue weighted by molar-refractivity contribution is -0.0439. The Kier molecular flexibility index (Phi) is 2.07. The summed E-state index contributed by atoms with van der Waals surface area (Å²) in [6.07, 6.45) is 8.59. The minimum Gasteiger partial charge on any atom is -0.345 e. The predicted molar refractivity (Wildman–Crippen MR) is 68.9 cm³/mol. The maximum absolute atomic E-state index is 12.2.